The highest BCUT2D eigenvalue weighted by Crippen LogP contribution is 2.24. The minimum atomic E-state index is 0.228. The highest BCUT2D eigenvalue weighted by Gasteiger charge is 2.12. The Hall–Kier alpha value is -1.04. The second-order valence-corrected chi connectivity index (χ2v) is 4.05. The third-order valence-corrected chi connectivity index (χ3v) is 2.71. The van der Waals surface area contributed by atoms with Crippen LogP contribution in [0.3, 0.4) is 0 Å². The summed E-state index contributed by atoms with van der Waals surface area (Å²) in [6.07, 6.45) is 11.5. The standard InChI is InChI=1S/C13H17ClN2/c1-3-5-6-13(16-8-4-2)11-7-9-15-10-12(11)14/h1,7,9-10,13,16H,4-6,8H2,2H3. The monoisotopic (exact) mass is 236 g/mol. The maximum absolute atomic E-state index is 6.12. The molecule has 1 unspecified atom stereocenters. The average molecular weight is 237 g/mol. The summed E-state index contributed by atoms with van der Waals surface area (Å²) in [4.78, 5) is 3.99. The van der Waals surface area contributed by atoms with E-state index in [9.17, 15) is 0 Å². The average Bonchev–Trinajstić information content (AvgIpc) is 2.31. The van der Waals surface area contributed by atoms with E-state index in [0.29, 0.717) is 5.02 Å². The Morgan fingerprint density at radius 1 is 1.62 bits per heavy atom. The normalized spacial score (nSPS) is 12.1. The van der Waals surface area contributed by atoms with Gasteiger partial charge in [0.25, 0.3) is 0 Å². The topological polar surface area (TPSA) is 24.9 Å². The first-order chi connectivity index (χ1) is 7.79. The first kappa shape index (κ1) is 13.0. The first-order valence-corrected chi connectivity index (χ1v) is 5.93. The van der Waals surface area contributed by atoms with Crippen LogP contribution in [-0.4, -0.2) is 11.5 Å². The molecule has 16 heavy (non-hydrogen) atoms. The number of aromatic nitrogens is 1. The maximum atomic E-state index is 6.12. The fraction of sp³-hybridized carbons (Fsp3) is 0.462. The second kappa shape index (κ2) is 7.27. The Kier molecular flexibility index (Phi) is 5.92. The van der Waals surface area contributed by atoms with Gasteiger partial charge in [-0.1, -0.05) is 18.5 Å². The number of hydrogen-bond acceptors (Lipinski definition) is 2. The maximum Gasteiger partial charge on any atom is 0.0637 e. The van der Waals surface area contributed by atoms with E-state index in [4.69, 9.17) is 18.0 Å². The van der Waals surface area contributed by atoms with Crippen LogP contribution >= 0.6 is 11.6 Å². The summed E-state index contributed by atoms with van der Waals surface area (Å²) in [5, 5.41) is 4.16. The second-order valence-electron chi connectivity index (χ2n) is 3.65. The van der Waals surface area contributed by atoms with Gasteiger partial charge in [0.2, 0.25) is 0 Å². The Morgan fingerprint density at radius 3 is 3.06 bits per heavy atom. The van der Waals surface area contributed by atoms with Crippen molar-refractivity contribution in [2.75, 3.05) is 6.54 Å². The van der Waals surface area contributed by atoms with Gasteiger partial charge in [0, 0.05) is 24.9 Å². The zero-order valence-electron chi connectivity index (χ0n) is 9.54. The summed E-state index contributed by atoms with van der Waals surface area (Å²) in [5.41, 5.74) is 1.08. The van der Waals surface area contributed by atoms with Crippen LogP contribution in [0.2, 0.25) is 5.02 Å². The molecular weight excluding hydrogens is 220 g/mol. The molecule has 0 aliphatic carbocycles. The van der Waals surface area contributed by atoms with E-state index in [-0.39, 0.29) is 6.04 Å². The van der Waals surface area contributed by atoms with E-state index in [1.165, 1.54) is 0 Å². The molecule has 0 saturated heterocycles. The van der Waals surface area contributed by atoms with Gasteiger partial charge in [0.15, 0.2) is 0 Å². The van der Waals surface area contributed by atoms with Crippen LogP contribution in [0, 0.1) is 12.3 Å². The van der Waals surface area contributed by atoms with E-state index in [0.717, 1.165) is 31.4 Å². The minimum absolute atomic E-state index is 0.228. The van der Waals surface area contributed by atoms with Crippen molar-refractivity contribution in [2.45, 2.75) is 32.2 Å². The highest BCUT2D eigenvalue weighted by molar-refractivity contribution is 6.31. The van der Waals surface area contributed by atoms with Crippen LogP contribution in [-0.2, 0) is 0 Å². The SMILES string of the molecule is C#CCCC(NCCC)c1ccncc1Cl. The van der Waals surface area contributed by atoms with E-state index in [1.807, 2.05) is 6.07 Å². The molecular formula is C13H17ClN2. The van der Waals surface area contributed by atoms with Gasteiger partial charge in [-0.15, -0.1) is 12.3 Å². The van der Waals surface area contributed by atoms with Gasteiger partial charge < -0.3 is 5.32 Å². The van der Waals surface area contributed by atoms with Crippen molar-refractivity contribution in [1.29, 1.82) is 0 Å². The zero-order valence-corrected chi connectivity index (χ0v) is 10.3. The molecule has 0 spiro atoms. The fourth-order valence-corrected chi connectivity index (χ4v) is 1.83. The summed E-state index contributed by atoms with van der Waals surface area (Å²) in [6, 6.07) is 2.18. The molecule has 1 rings (SSSR count). The van der Waals surface area contributed by atoms with Gasteiger partial charge in [-0.05, 0) is 31.0 Å². The number of nitrogens with one attached hydrogen (secondary N) is 1. The molecule has 1 aromatic heterocycles. The Labute approximate surface area is 102 Å². The van der Waals surface area contributed by atoms with Gasteiger partial charge in [-0.3, -0.25) is 4.98 Å². The van der Waals surface area contributed by atoms with Gasteiger partial charge in [0.1, 0.15) is 0 Å². The number of nitrogens with zero attached hydrogens (tertiary/aromatic N) is 1. The number of pyridine rings is 1. The lowest BCUT2D eigenvalue weighted by Crippen LogP contribution is -2.22. The van der Waals surface area contributed by atoms with E-state index < -0.39 is 0 Å². The summed E-state index contributed by atoms with van der Waals surface area (Å²) < 4.78 is 0. The lowest BCUT2D eigenvalue weighted by molar-refractivity contribution is 0.505. The number of hydrogen-bond donors (Lipinski definition) is 1. The number of rotatable bonds is 6. The Balaban J connectivity index is 2.75. The lowest BCUT2D eigenvalue weighted by Gasteiger charge is -2.18. The van der Waals surface area contributed by atoms with Crippen LogP contribution in [0.4, 0.5) is 0 Å². The quantitative estimate of drug-likeness (QED) is 0.768. The molecule has 0 saturated carbocycles. The molecule has 1 aromatic rings. The molecule has 0 aromatic carbocycles. The van der Waals surface area contributed by atoms with Crippen LogP contribution in [0.15, 0.2) is 18.5 Å². The molecule has 0 aliphatic rings. The van der Waals surface area contributed by atoms with Crippen molar-refractivity contribution in [1.82, 2.24) is 10.3 Å². The number of halogens is 1. The highest BCUT2D eigenvalue weighted by atomic mass is 35.5. The van der Waals surface area contributed by atoms with Gasteiger partial charge in [-0.25, -0.2) is 0 Å². The summed E-state index contributed by atoms with van der Waals surface area (Å²) in [6.45, 7) is 3.10. The van der Waals surface area contributed by atoms with Gasteiger partial charge in [0.05, 0.1) is 5.02 Å². The summed E-state index contributed by atoms with van der Waals surface area (Å²) in [5.74, 6) is 2.67. The number of terminal acetylenes is 1. The molecule has 86 valence electrons. The van der Waals surface area contributed by atoms with Gasteiger partial charge in [-0.2, -0.15) is 0 Å². The first-order valence-electron chi connectivity index (χ1n) is 5.55. The molecule has 0 amide bonds. The van der Waals surface area contributed by atoms with E-state index in [1.54, 1.807) is 12.4 Å². The zero-order chi connectivity index (χ0) is 11.8. The summed E-state index contributed by atoms with van der Waals surface area (Å²) in [7, 11) is 0. The molecule has 1 N–H and O–H groups in total. The molecule has 1 atom stereocenters. The van der Waals surface area contributed by atoms with Crippen molar-refractivity contribution < 1.29 is 0 Å². The van der Waals surface area contributed by atoms with Crippen LogP contribution in [0.1, 0.15) is 37.8 Å². The van der Waals surface area contributed by atoms with E-state index >= 15 is 0 Å². The molecule has 0 fully saturated rings. The largest absolute Gasteiger partial charge is 0.310 e. The lowest BCUT2D eigenvalue weighted by atomic mass is 10.0. The minimum Gasteiger partial charge on any atom is -0.310 e. The molecule has 0 radical (unpaired) electrons. The van der Waals surface area contributed by atoms with Crippen molar-refractivity contribution in [3.63, 3.8) is 0 Å². The van der Waals surface area contributed by atoms with Crippen LogP contribution in [0.25, 0.3) is 0 Å². The van der Waals surface area contributed by atoms with Crippen molar-refractivity contribution >= 4 is 11.6 Å². The third kappa shape index (κ3) is 3.84. The molecule has 1 heterocycles. The smallest absolute Gasteiger partial charge is 0.0637 e. The predicted octanol–water partition coefficient (Wildman–Crippen LogP) is 3.19. The van der Waals surface area contributed by atoms with E-state index in [2.05, 4.69) is 23.1 Å². The molecule has 0 aliphatic heterocycles. The van der Waals surface area contributed by atoms with Crippen molar-refractivity contribution in [3.05, 3.63) is 29.0 Å². The van der Waals surface area contributed by atoms with Crippen molar-refractivity contribution in [3.8, 4) is 12.3 Å². The van der Waals surface area contributed by atoms with Crippen molar-refractivity contribution in [2.24, 2.45) is 0 Å². The van der Waals surface area contributed by atoms with Crippen LogP contribution in [0.5, 0.6) is 0 Å². The molecule has 2 nitrogen and oxygen atoms in total. The summed E-state index contributed by atoms with van der Waals surface area (Å²) >= 11 is 6.12. The molecule has 3 heteroatoms. The Morgan fingerprint density at radius 2 is 2.44 bits per heavy atom. The fourth-order valence-electron chi connectivity index (χ4n) is 1.58. The Bertz CT molecular complexity index is 357. The van der Waals surface area contributed by atoms with Crippen LogP contribution < -0.4 is 5.32 Å². The van der Waals surface area contributed by atoms with Gasteiger partial charge >= 0.3 is 0 Å². The molecule has 0 bridgehead atoms. The third-order valence-electron chi connectivity index (χ3n) is 2.40. The predicted molar refractivity (Wildman–Crippen MR) is 68.3 cm³/mol.